The molecule has 2 aliphatic rings. The first-order valence-electron chi connectivity index (χ1n) is 31.6. The van der Waals surface area contributed by atoms with Crippen LogP contribution < -0.4 is 0 Å². The van der Waals surface area contributed by atoms with Gasteiger partial charge in [-0.3, -0.25) is 0 Å². The van der Waals surface area contributed by atoms with Gasteiger partial charge in [-0.1, -0.05) is 330 Å². The highest BCUT2D eigenvalue weighted by Gasteiger charge is 2.81. The van der Waals surface area contributed by atoms with Crippen LogP contribution in [0.15, 0.2) is 254 Å². The summed E-state index contributed by atoms with van der Waals surface area (Å²) in [5, 5.41) is 13.2. The zero-order valence-corrected chi connectivity index (χ0v) is 50.2. The largest absolute Gasteiger partial charge is 0.0654 e. The minimum Gasteiger partial charge on any atom is -0.0654 e. The van der Waals surface area contributed by atoms with Crippen LogP contribution in [0.4, 0.5) is 0 Å². The summed E-state index contributed by atoms with van der Waals surface area (Å²) in [6.45, 7) is 18.4. The Balaban J connectivity index is 1.43. The molecule has 0 spiro atoms. The highest BCUT2D eigenvalue weighted by Crippen LogP contribution is 2.83. The second kappa shape index (κ2) is 21.8. The van der Waals surface area contributed by atoms with Crippen LogP contribution in [0.5, 0.6) is 0 Å². The van der Waals surface area contributed by atoms with Crippen LogP contribution in [0, 0.1) is 11.3 Å². The van der Waals surface area contributed by atoms with Gasteiger partial charge in [0.15, 0.2) is 0 Å². The van der Waals surface area contributed by atoms with Crippen molar-refractivity contribution in [2.24, 2.45) is 11.3 Å². The molecule has 414 valence electrons. The average Bonchev–Trinajstić information content (AvgIpc) is 0.653. The van der Waals surface area contributed by atoms with Gasteiger partial charge in [-0.2, -0.15) is 0 Å². The lowest BCUT2D eigenvalue weighted by atomic mass is 9.23. The van der Waals surface area contributed by atoms with Gasteiger partial charge in [0.1, 0.15) is 0 Å². The Kier molecular flexibility index (Phi) is 14.3. The molecule has 11 aromatic rings. The molecule has 0 saturated heterocycles. The molecule has 0 amide bonds. The van der Waals surface area contributed by atoms with Crippen LogP contribution in [0.3, 0.4) is 0 Å². The molecule has 0 N–H and O–H groups in total. The maximum Gasteiger partial charge on any atom is 0.0348 e. The second-order valence-corrected chi connectivity index (χ2v) is 25.2. The van der Waals surface area contributed by atoms with Crippen LogP contribution >= 0.6 is 0 Å². The molecular formula is C83H82. The van der Waals surface area contributed by atoms with E-state index < -0.39 is 27.1 Å². The Bertz CT molecular complexity index is 4260. The van der Waals surface area contributed by atoms with E-state index in [0.717, 1.165) is 64.2 Å². The van der Waals surface area contributed by atoms with Crippen molar-refractivity contribution in [3.63, 3.8) is 0 Å². The molecule has 13 rings (SSSR count). The fourth-order valence-electron chi connectivity index (χ4n) is 18.5. The third-order valence-electron chi connectivity index (χ3n) is 21.7. The quantitative estimate of drug-likeness (QED) is 0.0846. The zero-order chi connectivity index (χ0) is 57.0. The second-order valence-electron chi connectivity index (χ2n) is 25.2. The Morgan fingerprint density at radius 3 is 1.29 bits per heavy atom. The molecule has 0 heteroatoms. The molecule has 0 radical (unpaired) electrons. The van der Waals surface area contributed by atoms with Crippen LogP contribution in [0.2, 0.25) is 0 Å². The van der Waals surface area contributed by atoms with E-state index in [9.17, 15) is 0 Å². The van der Waals surface area contributed by atoms with E-state index in [1.807, 2.05) is 0 Å². The van der Waals surface area contributed by atoms with E-state index in [1.165, 1.54) is 104 Å². The summed E-state index contributed by atoms with van der Waals surface area (Å²) in [5.41, 5.74) is 11.5. The van der Waals surface area contributed by atoms with Crippen molar-refractivity contribution in [3.05, 3.63) is 287 Å². The summed E-state index contributed by atoms with van der Waals surface area (Å²) in [6.07, 6.45) is 10.4. The SMILES string of the molecule is CCCCCC1(C)C2=C(c3cccc4ccccc34)C(CC)=C(c3cccc4ccccc34)C(CCC)C2(c2ccccc2)C(C)(c2cccc3ccccc23)C(CCCC)(c2cccc3ccccc23)C1(C)c1cccc2ccccc12. The molecular weight excluding hydrogens is 997 g/mol. The van der Waals surface area contributed by atoms with Gasteiger partial charge < -0.3 is 0 Å². The Hall–Kier alpha value is -7.80. The number of benzene rings is 11. The van der Waals surface area contributed by atoms with Crippen molar-refractivity contribution < 1.29 is 0 Å². The van der Waals surface area contributed by atoms with Gasteiger partial charge in [0.25, 0.3) is 0 Å². The van der Waals surface area contributed by atoms with Gasteiger partial charge in [0.05, 0.1) is 0 Å². The first-order chi connectivity index (χ1) is 40.7. The average molecular weight is 1080 g/mol. The van der Waals surface area contributed by atoms with E-state index in [1.54, 1.807) is 5.57 Å². The van der Waals surface area contributed by atoms with Gasteiger partial charge in [-0.15, -0.1) is 0 Å². The maximum absolute atomic E-state index is 2.88. The van der Waals surface area contributed by atoms with Crippen molar-refractivity contribution in [2.45, 2.75) is 134 Å². The van der Waals surface area contributed by atoms with Gasteiger partial charge in [0.2, 0.25) is 0 Å². The fraction of sp³-hybridized carbons (Fsp3) is 0.277. The molecule has 6 unspecified atom stereocenters. The maximum atomic E-state index is 2.88. The standard InChI is InChI=1S/C83H82/c1-8-12-27-56-79(5)78-77(71-52-29-40-59-35-18-23-47-66(59)71)64(11-4)76(70-51-28-39-58-34-17-22-46-65(58)70)75(33-10-3)83(78,63-44-15-14-16-45-63)81(7,73-54-31-42-61-37-20-25-49-68(61)73)82(57-13-9-2,74-55-32-43-62-38-21-26-50-69(62)74)80(79,6)72-53-30-41-60-36-19-24-48-67(60)72/h14-26,28-32,34-55,75H,8-13,27,33,56-57H2,1-7H3. The molecule has 0 heterocycles. The number of allylic oxidation sites excluding steroid dienone is 4. The van der Waals surface area contributed by atoms with Gasteiger partial charge in [-0.25, -0.2) is 0 Å². The van der Waals surface area contributed by atoms with Crippen molar-refractivity contribution in [3.8, 4) is 0 Å². The van der Waals surface area contributed by atoms with Crippen molar-refractivity contribution in [2.75, 3.05) is 0 Å². The van der Waals surface area contributed by atoms with Crippen molar-refractivity contribution in [1.82, 2.24) is 0 Å². The number of hydrogen-bond donors (Lipinski definition) is 0. The van der Waals surface area contributed by atoms with Crippen molar-refractivity contribution >= 4 is 65.0 Å². The number of fused-ring (bicyclic) bond motifs is 6. The van der Waals surface area contributed by atoms with E-state index in [2.05, 4.69) is 291 Å². The Morgan fingerprint density at radius 1 is 0.349 bits per heavy atom. The van der Waals surface area contributed by atoms with Gasteiger partial charge in [-0.05, 0) is 141 Å². The summed E-state index contributed by atoms with van der Waals surface area (Å²) < 4.78 is 0. The summed E-state index contributed by atoms with van der Waals surface area (Å²) in [6, 6.07) is 96.3. The van der Waals surface area contributed by atoms with Crippen LogP contribution in [-0.2, 0) is 21.7 Å². The Morgan fingerprint density at radius 2 is 0.771 bits per heavy atom. The smallest absolute Gasteiger partial charge is 0.0348 e. The third kappa shape index (κ3) is 7.76. The minimum absolute atomic E-state index is 0.0203. The highest BCUT2D eigenvalue weighted by molar-refractivity contribution is 6.08. The van der Waals surface area contributed by atoms with E-state index in [-0.39, 0.29) is 5.92 Å². The monoisotopic (exact) mass is 1080 g/mol. The molecule has 83 heavy (non-hydrogen) atoms. The van der Waals surface area contributed by atoms with Gasteiger partial charge in [0, 0.05) is 27.1 Å². The molecule has 0 bridgehead atoms. The van der Waals surface area contributed by atoms with E-state index >= 15 is 0 Å². The number of hydrogen-bond acceptors (Lipinski definition) is 0. The highest BCUT2D eigenvalue weighted by atomic mass is 14.8. The summed E-state index contributed by atoms with van der Waals surface area (Å²) >= 11 is 0. The van der Waals surface area contributed by atoms with Crippen LogP contribution in [0.25, 0.3) is 65.0 Å². The minimum atomic E-state index is -0.725. The molecule has 0 aliphatic heterocycles. The molecule has 2 aliphatic carbocycles. The lowest BCUT2D eigenvalue weighted by Crippen LogP contribution is -2.79. The van der Waals surface area contributed by atoms with Gasteiger partial charge >= 0.3 is 0 Å². The van der Waals surface area contributed by atoms with Crippen LogP contribution in [0.1, 0.15) is 146 Å². The summed E-state index contributed by atoms with van der Waals surface area (Å²) in [5.74, 6) is 0.0203. The Labute approximate surface area is 495 Å². The van der Waals surface area contributed by atoms with Crippen molar-refractivity contribution in [1.29, 1.82) is 0 Å². The summed E-state index contributed by atoms with van der Waals surface area (Å²) in [4.78, 5) is 0. The third-order valence-corrected chi connectivity index (χ3v) is 21.7. The van der Waals surface area contributed by atoms with Crippen LogP contribution in [-0.4, -0.2) is 0 Å². The molecule has 1 saturated carbocycles. The first-order valence-corrected chi connectivity index (χ1v) is 31.6. The molecule has 1 fully saturated rings. The lowest BCUT2D eigenvalue weighted by molar-refractivity contribution is -0.0765. The zero-order valence-electron chi connectivity index (χ0n) is 50.2. The predicted octanol–water partition coefficient (Wildman–Crippen LogP) is 23.1. The van der Waals surface area contributed by atoms with E-state index in [0.29, 0.717) is 0 Å². The molecule has 0 nitrogen and oxygen atoms in total. The predicted molar refractivity (Wildman–Crippen MR) is 359 cm³/mol. The topological polar surface area (TPSA) is 0 Å². The first kappa shape index (κ1) is 54.4. The molecule has 11 aromatic carbocycles. The molecule has 6 atom stereocenters. The summed E-state index contributed by atoms with van der Waals surface area (Å²) in [7, 11) is 0. The normalized spacial score (nSPS) is 23.6. The fourth-order valence-corrected chi connectivity index (χ4v) is 18.5. The number of unbranched alkanes of at least 4 members (excludes halogenated alkanes) is 3. The van der Waals surface area contributed by atoms with E-state index in [4.69, 9.17) is 0 Å². The molecule has 0 aromatic heterocycles. The number of rotatable bonds is 16. The lowest BCUT2D eigenvalue weighted by Gasteiger charge is -2.79.